The Kier molecular flexibility index (Phi) is 4.03. The number of nitrogens with zero attached hydrogens (tertiary/aromatic N) is 4. The van der Waals surface area contributed by atoms with Crippen molar-refractivity contribution in [1.29, 1.82) is 0 Å². The van der Waals surface area contributed by atoms with Gasteiger partial charge in [0, 0.05) is 25.2 Å². The molecule has 0 spiro atoms. The van der Waals surface area contributed by atoms with Gasteiger partial charge >= 0.3 is 5.97 Å². The van der Waals surface area contributed by atoms with Crippen LogP contribution >= 0.6 is 0 Å². The molecule has 0 aliphatic carbocycles. The molecule has 0 unspecified atom stereocenters. The molecule has 2 heterocycles. The van der Waals surface area contributed by atoms with Crippen LogP contribution < -0.4 is 0 Å². The van der Waals surface area contributed by atoms with E-state index >= 15 is 0 Å². The number of likely N-dealkylation sites (tertiary alicyclic amines) is 1. The van der Waals surface area contributed by atoms with E-state index < -0.39 is 5.97 Å². The van der Waals surface area contributed by atoms with Crippen LogP contribution in [-0.4, -0.2) is 44.1 Å². The Morgan fingerprint density at radius 3 is 2.48 bits per heavy atom. The molecule has 1 N–H and O–H groups in total. The Balaban J connectivity index is 1.43. The molecule has 0 atom stereocenters. The van der Waals surface area contributed by atoms with Gasteiger partial charge < -0.3 is 5.11 Å². The maximum atomic E-state index is 10.8. The third-order valence-corrected chi connectivity index (χ3v) is 4.48. The minimum atomic E-state index is -0.702. The van der Waals surface area contributed by atoms with Gasteiger partial charge in [-0.1, -0.05) is 47.7 Å². The molecule has 0 bridgehead atoms. The number of aromatic nitrogens is 3. The van der Waals surface area contributed by atoms with E-state index in [0.29, 0.717) is 13.1 Å². The molecule has 1 aliphatic heterocycles. The van der Waals surface area contributed by atoms with Crippen molar-refractivity contribution >= 4 is 5.97 Å². The first-order valence-electron chi connectivity index (χ1n) is 8.21. The molecule has 2 aromatic carbocycles. The lowest BCUT2D eigenvalue weighted by molar-refractivity contribution is -0.147. The quantitative estimate of drug-likeness (QED) is 0.776. The lowest BCUT2D eigenvalue weighted by Crippen LogP contribution is -2.49. The van der Waals surface area contributed by atoms with Crippen LogP contribution in [0.15, 0.2) is 60.8 Å². The molecule has 0 radical (unpaired) electrons. The highest BCUT2D eigenvalue weighted by Gasteiger charge is 2.32. The van der Waals surface area contributed by atoms with E-state index in [1.165, 1.54) is 0 Å². The van der Waals surface area contributed by atoms with E-state index in [0.717, 1.165) is 29.1 Å². The highest BCUT2D eigenvalue weighted by Crippen LogP contribution is 2.20. The van der Waals surface area contributed by atoms with Crippen LogP contribution in [0.4, 0.5) is 0 Å². The minimum absolute atomic E-state index is 0.217. The number of rotatable bonds is 5. The summed E-state index contributed by atoms with van der Waals surface area (Å²) >= 11 is 0. The number of hydrogen-bond donors (Lipinski definition) is 1. The van der Waals surface area contributed by atoms with Gasteiger partial charge in [0.1, 0.15) is 5.69 Å². The first-order valence-corrected chi connectivity index (χ1v) is 8.21. The fourth-order valence-corrected chi connectivity index (χ4v) is 3.00. The van der Waals surface area contributed by atoms with Crippen molar-refractivity contribution in [2.24, 2.45) is 5.92 Å². The standard InChI is InChI=1S/C19H18N4O2/c24-19(25)16-11-22(12-16)10-14-6-8-17(9-7-14)23-13-18(20-21-23)15-4-2-1-3-5-15/h1-9,13,16H,10-12H2,(H,24,25). The van der Waals surface area contributed by atoms with Gasteiger partial charge in [0.15, 0.2) is 0 Å². The number of benzene rings is 2. The molecule has 1 aromatic heterocycles. The molecule has 0 amide bonds. The summed E-state index contributed by atoms with van der Waals surface area (Å²) in [5.74, 6) is -0.919. The molecule has 1 aliphatic rings. The van der Waals surface area contributed by atoms with Gasteiger partial charge in [0.25, 0.3) is 0 Å². The molecule has 6 nitrogen and oxygen atoms in total. The van der Waals surface area contributed by atoms with Gasteiger partial charge in [-0.15, -0.1) is 5.10 Å². The topological polar surface area (TPSA) is 71.2 Å². The second kappa shape index (κ2) is 6.49. The van der Waals surface area contributed by atoms with Crippen molar-refractivity contribution in [3.63, 3.8) is 0 Å². The van der Waals surface area contributed by atoms with E-state index in [1.54, 1.807) is 4.68 Å². The maximum Gasteiger partial charge on any atom is 0.309 e. The molecule has 126 valence electrons. The average molecular weight is 334 g/mol. The second-order valence-electron chi connectivity index (χ2n) is 6.31. The molecule has 3 aromatic rings. The van der Waals surface area contributed by atoms with Crippen molar-refractivity contribution in [3.05, 3.63) is 66.4 Å². The summed E-state index contributed by atoms with van der Waals surface area (Å²) in [5.41, 5.74) is 3.99. The van der Waals surface area contributed by atoms with E-state index in [2.05, 4.69) is 15.2 Å². The highest BCUT2D eigenvalue weighted by molar-refractivity contribution is 5.71. The van der Waals surface area contributed by atoms with E-state index in [-0.39, 0.29) is 5.92 Å². The fourth-order valence-electron chi connectivity index (χ4n) is 3.00. The molecule has 0 saturated carbocycles. The first kappa shape index (κ1) is 15.5. The van der Waals surface area contributed by atoms with E-state index in [4.69, 9.17) is 5.11 Å². The number of carboxylic acids is 1. The molecular formula is C19H18N4O2. The summed E-state index contributed by atoms with van der Waals surface area (Å²) in [6.45, 7) is 2.03. The van der Waals surface area contributed by atoms with Crippen molar-refractivity contribution < 1.29 is 9.90 Å². The van der Waals surface area contributed by atoms with Gasteiger partial charge in [-0.05, 0) is 17.7 Å². The van der Waals surface area contributed by atoms with Crippen LogP contribution in [0.5, 0.6) is 0 Å². The summed E-state index contributed by atoms with van der Waals surface area (Å²) in [6, 6.07) is 18.1. The Morgan fingerprint density at radius 2 is 1.80 bits per heavy atom. The summed E-state index contributed by atoms with van der Waals surface area (Å²) in [7, 11) is 0. The van der Waals surface area contributed by atoms with E-state index in [1.807, 2.05) is 60.8 Å². The van der Waals surface area contributed by atoms with E-state index in [9.17, 15) is 4.79 Å². The normalized spacial score (nSPS) is 15.0. The zero-order valence-electron chi connectivity index (χ0n) is 13.6. The predicted molar refractivity (Wildman–Crippen MR) is 93.2 cm³/mol. The van der Waals surface area contributed by atoms with Crippen LogP contribution in [0.3, 0.4) is 0 Å². The fraction of sp³-hybridized carbons (Fsp3) is 0.211. The Hall–Kier alpha value is -2.99. The van der Waals surface area contributed by atoms with Crippen molar-refractivity contribution in [3.8, 4) is 16.9 Å². The van der Waals surface area contributed by atoms with Crippen LogP contribution in [0.25, 0.3) is 16.9 Å². The van der Waals surface area contributed by atoms with Gasteiger partial charge in [0.2, 0.25) is 0 Å². The molecule has 1 fully saturated rings. The number of aliphatic carboxylic acids is 1. The third kappa shape index (κ3) is 3.29. The average Bonchev–Trinajstić information content (AvgIpc) is 3.09. The van der Waals surface area contributed by atoms with Crippen molar-refractivity contribution in [2.75, 3.05) is 13.1 Å². The number of carboxylic acid groups (broad SMARTS) is 1. The molecular weight excluding hydrogens is 316 g/mol. The Morgan fingerprint density at radius 1 is 1.08 bits per heavy atom. The zero-order chi connectivity index (χ0) is 17.2. The van der Waals surface area contributed by atoms with Crippen LogP contribution in [0.2, 0.25) is 0 Å². The van der Waals surface area contributed by atoms with Gasteiger partial charge in [-0.3, -0.25) is 9.69 Å². The highest BCUT2D eigenvalue weighted by atomic mass is 16.4. The summed E-state index contributed by atoms with van der Waals surface area (Å²) in [6.07, 6.45) is 1.91. The second-order valence-corrected chi connectivity index (χ2v) is 6.31. The smallest absolute Gasteiger partial charge is 0.309 e. The van der Waals surface area contributed by atoms with Crippen LogP contribution in [-0.2, 0) is 11.3 Å². The lowest BCUT2D eigenvalue weighted by atomic mass is 9.99. The maximum absolute atomic E-state index is 10.8. The number of carbonyl (C=O) groups is 1. The number of hydrogen-bond acceptors (Lipinski definition) is 4. The van der Waals surface area contributed by atoms with Crippen LogP contribution in [0, 0.1) is 5.92 Å². The summed E-state index contributed by atoms with van der Waals surface area (Å²) in [4.78, 5) is 13.0. The zero-order valence-corrected chi connectivity index (χ0v) is 13.6. The molecule has 25 heavy (non-hydrogen) atoms. The van der Waals surface area contributed by atoms with Crippen molar-refractivity contribution in [1.82, 2.24) is 19.9 Å². The third-order valence-electron chi connectivity index (χ3n) is 4.48. The van der Waals surface area contributed by atoms with Gasteiger partial charge in [-0.2, -0.15) is 0 Å². The van der Waals surface area contributed by atoms with Gasteiger partial charge in [0.05, 0.1) is 17.8 Å². The summed E-state index contributed by atoms with van der Waals surface area (Å²) < 4.78 is 1.76. The van der Waals surface area contributed by atoms with Crippen LogP contribution in [0.1, 0.15) is 5.56 Å². The van der Waals surface area contributed by atoms with Gasteiger partial charge in [-0.25, -0.2) is 4.68 Å². The summed E-state index contributed by atoms with van der Waals surface area (Å²) in [5, 5.41) is 17.4. The molecule has 1 saturated heterocycles. The molecule has 6 heteroatoms. The minimum Gasteiger partial charge on any atom is -0.481 e. The first-order chi connectivity index (χ1) is 12.2. The predicted octanol–water partition coefficient (Wildman–Crippen LogP) is 2.45. The Bertz CT molecular complexity index is 868. The van der Waals surface area contributed by atoms with Crippen molar-refractivity contribution in [2.45, 2.75) is 6.54 Å². The Labute approximate surface area is 145 Å². The monoisotopic (exact) mass is 334 g/mol. The molecule has 4 rings (SSSR count). The lowest BCUT2D eigenvalue weighted by Gasteiger charge is -2.36. The largest absolute Gasteiger partial charge is 0.481 e. The SMILES string of the molecule is O=C(O)C1CN(Cc2ccc(-n3cc(-c4ccccc4)nn3)cc2)C1.